The molecule has 0 unspecified atom stereocenters. The Morgan fingerprint density at radius 2 is 1.65 bits per heavy atom. The van der Waals surface area contributed by atoms with Crippen LogP contribution in [0.2, 0.25) is 0 Å². The summed E-state index contributed by atoms with van der Waals surface area (Å²) < 4.78 is 9.98. The number of pyridine rings is 2. The molecule has 0 saturated carbocycles. The maximum absolute atomic E-state index is 11.0. The van der Waals surface area contributed by atoms with Gasteiger partial charge in [-0.2, -0.15) is 0 Å². The molecule has 3 aromatic heterocycles. The first kappa shape index (κ1) is 28.0. The van der Waals surface area contributed by atoms with Gasteiger partial charge in [0.05, 0.1) is 12.1 Å². The minimum Gasteiger partial charge on any atom is -0.424 e. The lowest BCUT2D eigenvalue weighted by molar-refractivity contribution is -0.131. The second kappa shape index (κ2) is 13.4. The van der Waals surface area contributed by atoms with Crippen molar-refractivity contribution in [1.29, 1.82) is 0 Å². The van der Waals surface area contributed by atoms with Gasteiger partial charge in [0.25, 0.3) is 0 Å². The maximum atomic E-state index is 11.0. The quantitative estimate of drug-likeness (QED) is 0.500. The van der Waals surface area contributed by atoms with Crippen molar-refractivity contribution in [3.63, 3.8) is 0 Å². The van der Waals surface area contributed by atoms with Gasteiger partial charge in [-0.25, -0.2) is 9.78 Å². The molecule has 7 nitrogen and oxygen atoms in total. The van der Waals surface area contributed by atoms with Crippen molar-refractivity contribution in [3.8, 4) is 5.75 Å². The Labute approximate surface area is 185 Å². The third kappa shape index (κ3) is 7.35. The summed E-state index contributed by atoms with van der Waals surface area (Å²) in [6.45, 7) is 16.3. The number of carbonyl (C=O) groups is 1. The highest BCUT2D eigenvalue weighted by atomic mass is 16.5. The van der Waals surface area contributed by atoms with Gasteiger partial charge in [0, 0.05) is 18.0 Å². The Bertz CT molecular complexity index is 1000. The third-order valence-electron chi connectivity index (χ3n) is 4.12. The van der Waals surface area contributed by atoms with E-state index in [2.05, 4.69) is 42.6 Å². The van der Waals surface area contributed by atoms with E-state index < -0.39 is 5.76 Å². The Hall–Kier alpha value is -2.96. The van der Waals surface area contributed by atoms with Crippen LogP contribution < -0.4 is 10.5 Å². The minimum absolute atomic E-state index is 0. The van der Waals surface area contributed by atoms with Crippen LogP contribution in [0.15, 0.2) is 33.7 Å². The van der Waals surface area contributed by atoms with Crippen molar-refractivity contribution in [1.82, 2.24) is 15.0 Å². The number of ether oxygens (including phenoxy) is 1. The zero-order valence-electron chi connectivity index (χ0n) is 19.2. The van der Waals surface area contributed by atoms with E-state index in [-0.39, 0.29) is 13.4 Å². The number of hydrogen-bond donors (Lipinski definition) is 1. The summed E-state index contributed by atoms with van der Waals surface area (Å²) in [5.41, 5.74) is 3.94. The number of aromatic nitrogens is 3. The van der Waals surface area contributed by atoms with Crippen LogP contribution in [-0.4, -0.2) is 20.9 Å². The van der Waals surface area contributed by atoms with Crippen molar-refractivity contribution < 1.29 is 13.9 Å². The van der Waals surface area contributed by atoms with Crippen molar-refractivity contribution in [2.75, 3.05) is 0 Å². The molecule has 4 heterocycles. The van der Waals surface area contributed by atoms with E-state index in [9.17, 15) is 9.59 Å². The maximum Gasteiger partial charge on any atom is 0.418 e. The highest BCUT2D eigenvalue weighted by molar-refractivity contribution is 5.80. The number of aromatic amines is 1. The van der Waals surface area contributed by atoms with Crippen LogP contribution in [0.4, 0.5) is 0 Å². The second-order valence-electron chi connectivity index (χ2n) is 6.77. The molecule has 0 spiro atoms. The molecule has 0 aromatic carbocycles. The molecule has 3 aromatic rings. The van der Waals surface area contributed by atoms with Gasteiger partial charge in [0.15, 0.2) is 17.0 Å². The summed E-state index contributed by atoms with van der Waals surface area (Å²) in [5, 5.41) is 0. The molecule has 7 heteroatoms. The topological polar surface area (TPSA) is 98.1 Å². The summed E-state index contributed by atoms with van der Waals surface area (Å²) in [4.78, 5) is 32.5. The van der Waals surface area contributed by atoms with E-state index >= 15 is 0 Å². The summed E-state index contributed by atoms with van der Waals surface area (Å²) in [6.07, 6.45) is 3.80. The highest BCUT2D eigenvalue weighted by Gasteiger charge is 2.25. The lowest BCUT2D eigenvalue weighted by atomic mass is 10.0. The Kier molecular flexibility index (Phi) is 12.1. The number of nitrogens with one attached hydrogen (secondary N) is 1. The molecule has 1 aliphatic heterocycles. The first-order valence-electron chi connectivity index (χ1n) is 10.5. The number of esters is 1. The van der Waals surface area contributed by atoms with Gasteiger partial charge in [-0.05, 0) is 29.5 Å². The Morgan fingerprint density at radius 3 is 2.23 bits per heavy atom. The molecule has 0 fully saturated rings. The third-order valence-corrected chi connectivity index (χ3v) is 4.12. The lowest BCUT2D eigenvalue weighted by Crippen LogP contribution is -2.01. The minimum atomic E-state index is -0.455. The first-order valence-corrected chi connectivity index (χ1v) is 10.5. The molecule has 31 heavy (non-hydrogen) atoms. The molecule has 4 rings (SSSR count). The molecule has 0 saturated heterocycles. The van der Waals surface area contributed by atoms with Gasteiger partial charge in [-0.15, -0.1) is 0 Å². The van der Waals surface area contributed by atoms with E-state index in [1.807, 2.05) is 39.8 Å². The van der Waals surface area contributed by atoms with Crippen LogP contribution in [0, 0.1) is 0 Å². The Balaban J connectivity index is 0.000000487. The van der Waals surface area contributed by atoms with Crippen LogP contribution >= 0.6 is 0 Å². The largest absolute Gasteiger partial charge is 0.424 e. The van der Waals surface area contributed by atoms with E-state index in [1.165, 1.54) is 0 Å². The van der Waals surface area contributed by atoms with Crippen molar-refractivity contribution in [2.45, 2.75) is 81.1 Å². The van der Waals surface area contributed by atoms with Gasteiger partial charge in [0.2, 0.25) is 0 Å². The van der Waals surface area contributed by atoms with E-state index in [0.29, 0.717) is 35.2 Å². The molecule has 172 valence electrons. The van der Waals surface area contributed by atoms with Gasteiger partial charge in [0.1, 0.15) is 0 Å². The van der Waals surface area contributed by atoms with Gasteiger partial charge >= 0.3 is 11.7 Å². The van der Waals surface area contributed by atoms with E-state index in [1.54, 1.807) is 12.4 Å². The fourth-order valence-corrected chi connectivity index (χ4v) is 2.66. The molecule has 0 aliphatic carbocycles. The number of oxazole rings is 1. The number of rotatable bonds is 2. The Morgan fingerprint density at radius 1 is 1.00 bits per heavy atom. The molecule has 0 bridgehead atoms. The van der Waals surface area contributed by atoms with Crippen molar-refractivity contribution in [3.05, 3.63) is 51.9 Å². The standard InChI is InChI=1S/C10H11NO2.C9H10N2O2.2C2H6.CH4/c1-6(2)7-3-4-11-8-5-9(12)13-10(7)8;1-5(2)6-3-7-8(10-4-6)11-9(12)13-7;2*1-2;/h3-4,6H,5H2,1-2H3;3-5H,1-2H3,(H,10,11,12);2*1-2H3;1H4. The fraction of sp³-hybridized carbons (Fsp3) is 0.500. The predicted octanol–water partition coefficient (Wildman–Crippen LogP) is 5.99. The average Bonchev–Trinajstić information content (AvgIpc) is 3.30. The number of H-pyrrole nitrogens is 1. The molecule has 1 N–H and O–H groups in total. The SMILES string of the molecule is C.CC.CC.CC(C)c1ccnc2c1OC(=O)C2.CC(C)c1cnc2[nH]c(=O)oc2c1. The van der Waals surface area contributed by atoms with Crippen LogP contribution in [0.1, 0.15) is 91.5 Å². The predicted molar refractivity (Wildman–Crippen MR) is 126 cm³/mol. The summed E-state index contributed by atoms with van der Waals surface area (Å²) in [5.74, 6) is 0.779. The highest BCUT2D eigenvalue weighted by Crippen LogP contribution is 2.32. The first-order chi connectivity index (χ1) is 14.3. The van der Waals surface area contributed by atoms with Crippen LogP contribution in [0.25, 0.3) is 11.2 Å². The smallest absolute Gasteiger partial charge is 0.418 e. The molecular weight excluding hydrogens is 394 g/mol. The van der Waals surface area contributed by atoms with E-state index in [0.717, 1.165) is 16.8 Å². The van der Waals surface area contributed by atoms with Gasteiger partial charge in [-0.3, -0.25) is 14.8 Å². The summed E-state index contributed by atoms with van der Waals surface area (Å²) in [6, 6.07) is 3.74. The molecular formula is C24H37N3O4. The number of nitrogens with zero attached hydrogens (tertiary/aromatic N) is 2. The molecule has 0 amide bonds. The molecule has 0 atom stereocenters. The number of carbonyl (C=O) groups excluding carboxylic acids is 1. The fourth-order valence-electron chi connectivity index (χ4n) is 2.66. The van der Waals surface area contributed by atoms with Crippen molar-refractivity contribution >= 4 is 17.2 Å². The van der Waals surface area contributed by atoms with Crippen molar-refractivity contribution in [2.24, 2.45) is 0 Å². The van der Waals surface area contributed by atoms with Crippen LogP contribution in [-0.2, 0) is 11.2 Å². The number of hydrogen-bond acceptors (Lipinski definition) is 6. The van der Waals surface area contributed by atoms with E-state index in [4.69, 9.17) is 9.15 Å². The normalized spacial score (nSPS) is 11.2. The van der Waals surface area contributed by atoms with Gasteiger partial charge in [-0.1, -0.05) is 62.8 Å². The zero-order valence-corrected chi connectivity index (χ0v) is 19.2. The lowest BCUT2D eigenvalue weighted by Gasteiger charge is -2.08. The van der Waals surface area contributed by atoms with Crippen LogP contribution in [0.3, 0.4) is 0 Å². The summed E-state index contributed by atoms with van der Waals surface area (Å²) >= 11 is 0. The molecule has 1 aliphatic rings. The zero-order chi connectivity index (χ0) is 22.8. The second-order valence-corrected chi connectivity index (χ2v) is 6.77. The average molecular weight is 432 g/mol. The van der Waals surface area contributed by atoms with Gasteiger partial charge < -0.3 is 9.15 Å². The summed E-state index contributed by atoms with van der Waals surface area (Å²) in [7, 11) is 0. The monoisotopic (exact) mass is 431 g/mol. The number of fused-ring (bicyclic) bond motifs is 2. The van der Waals surface area contributed by atoms with Crippen LogP contribution in [0.5, 0.6) is 5.75 Å². The molecule has 0 radical (unpaired) electrons.